The van der Waals surface area contributed by atoms with Gasteiger partial charge in [-0.15, -0.1) is 11.3 Å². The molecule has 0 nitrogen and oxygen atoms in total. The molecule has 6 rings (SSSR count). The SMILES string of the molecule is C1=C(c2ccc(Sc3ccc(-c4cccc5c4sc4ccccc45)cc3)cc2)CCCC1. The molecule has 0 amide bonds. The number of hydrogen-bond acceptors (Lipinski definition) is 2. The van der Waals surface area contributed by atoms with E-state index in [9.17, 15) is 0 Å². The van der Waals surface area contributed by atoms with Crippen molar-refractivity contribution in [3.05, 3.63) is 103 Å². The summed E-state index contributed by atoms with van der Waals surface area (Å²) in [6.45, 7) is 0. The van der Waals surface area contributed by atoms with Gasteiger partial charge in [-0.05, 0) is 78.3 Å². The summed E-state index contributed by atoms with van der Waals surface area (Å²) in [5.74, 6) is 0. The number of rotatable bonds is 4. The number of thiophene rings is 1. The van der Waals surface area contributed by atoms with Crippen LogP contribution >= 0.6 is 23.1 Å². The maximum atomic E-state index is 2.42. The summed E-state index contributed by atoms with van der Waals surface area (Å²) in [7, 11) is 0. The summed E-state index contributed by atoms with van der Waals surface area (Å²) in [5, 5.41) is 2.71. The first-order chi connectivity index (χ1) is 15.8. The Labute approximate surface area is 197 Å². The van der Waals surface area contributed by atoms with Crippen LogP contribution in [0, 0.1) is 0 Å². The Balaban J connectivity index is 1.25. The van der Waals surface area contributed by atoms with Crippen LogP contribution in [0.5, 0.6) is 0 Å². The van der Waals surface area contributed by atoms with Gasteiger partial charge in [-0.1, -0.05) is 78.5 Å². The molecule has 0 radical (unpaired) electrons. The van der Waals surface area contributed by atoms with Crippen molar-refractivity contribution in [2.24, 2.45) is 0 Å². The lowest BCUT2D eigenvalue weighted by Crippen LogP contribution is -1.91. The maximum Gasteiger partial charge on any atom is 0.0433 e. The highest BCUT2D eigenvalue weighted by atomic mass is 32.2. The molecule has 0 saturated carbocycles. The normalized spacial score (nSPS) is 14.1. The van der Waals surface area contributed by atoms with Gasteiger partial charge in [-0.2, -0.15) is 0 Å². The molecule has 0 bridgehead atoms. The van der Waals surface area contributed by atoms with Crippen molar-refractivity contribution in [3.8, 4) is 11.1 Å². The highest BCUT2D eigenvalue weighted by Gasteiger charge is 2.10. The largest absolute Gasteiger partial charge is 0.135 e. The molecule has 32 heavy (non-hydrogen) atoms. The minimum atomic E-state index is 1.22. The Morgan fingerprint density at radius 2 is 1.34 bits per heavy atom. The zero-order chi connectivity index (χ0) is 21.3. The van der Waals surface area contributed by atoms with E-state index in [1.807, 2.05) is 23.1 Å². The van der Waals surface area contributed by atoms with Crippen molar-refractivity contribution in [3.63, 3.8) is 0 Å². The van der Waals surface area contributed by atoms with Crippen LogP contribution < -0.4 is 0 Å². The van der Waals surface area contributed by atoms with E-state index >= 15 is 0 Å². The van der Waals surface area contributed by atoms with Crippen LogP contribution in [0.3, 0.4) is 0 Å². The van der Waals surface area contributed by atoms with Crippen LogP contribution in [0.4, 0.5) is 0 Å². The minimum Gasteiger partial charge on any atom is -0.135 e. The number of benzene rings is 4. The van der Waals surface area contributed by atoms with Crippen molar-refractivity contribution in [1.82, 2.24) is 0 Å². The maximum absolute atomic E-state index is 2.42. The summed E-state index contributed by atoms with van der Waals surface area (Å²) >= 11 is 3.73. The monoisotopic (exact) mass is 448 g/mol. The van der Waals surface area contributed by atoms with Gasteiger partial charge in [0, 0.05) is 30.0 Å². The highest BCUT2D eigenvalue weighted by Crippen LogP contribution is 2.40. The van der Waals surface area contributed by atoms with Crippen molar-refractivity contribution < 1.29 is 0 Å². The fraction of sp³-hybridized carbons (Fsp3) is 0.133. The van der Waals surface area contributed by atoms with E-state index in [1.165, 1.54) is 77.9 Å². The number of allylic oxidation sites excluding steroid dienone is 2. The molecule has 0 N–H and O–H groups in total. The molecule has 4 aromatic carbocycles. The standard InChI is InChI=1S/C30H24S2/c1-2-7-21(8-3-1)22-13-17-24(18-14-22)31-25-19-15-23(16-20-25)26-10-6-11-28-27-9-4-5-12-29(27)32-30(26)28/h4-7,9-20H,1-3,8H2. The average Bonchev–Trinajstić information content (AvgIpc) is 3.25. The smallest absolute Gasteiger partial charge is 0.0433 e. The van der Waals surface area contributed by atoms with Gasteiger partial charge in [0.25, 0.3) is 0 Å². The molecule has 1 aliphatic carbocycles. The first-order valence-corrected chi connectivity index (χ1v) is 13.0. The van der Waals surface area contributed by atoms with Crippen LogP contribution in [0.15, 0.2) is 107 Å². The topological polar surface area (TPSA) is 0 Å². The molecule has 1 heterocycles. The predicted molar refractivity (Wildman–Crippen MR) is 142 cm³/mol. The van der Waals surface area contributed by atoms with Gasteiger partial charge in [0.2, 0.25) is 0 Å². The van der Waals surface area contributed by atoms with Crippen molar-refractivity contribution >= 4 is 48.8 Å². The van der Waals surface area contributed by atoms with Crippen molar-refractivity contribution in [2.75, 3.05) is 0 Å². The summed E-state index contributed by atoms with van der Waals surface area (Å²) in [6, 6.07) is 33.5. The van der Waals surface area contributed by atoms with E-state index in [0.717, 1.165) is 0 Å². The molecule has 156 valence electrons. The Morgan fingerprint density at radius 3 is 2.09 bits per heavy atom. The van der Waals surface area contributed by atoms with Gasteiger partial charge in [0.05, 0.1) is 0 Å². The van der Waals surface area contributed by atoms with Crippen LogP contribution in [-0.2, 0) is 0 Å². The lowest BCUT2D eigenvalue weighted by Gasteiger charge is -2.13. The zero-order valence-corrected chi connectivity index (χ0v) is 19.5. The van der Waals surface area contributed by atoms with E-state index in [0.29, 0.717) is 0 Å². The second-order valence-electron chi connectivity index (χ2n) is 8.41. The number of hydrogen-bond donors (Lipinski definition) is 0. The van der Waals surface area contributed by atoms with E-state index in [2.05, 4.69) is 97.1 Å². The minimum absolute atomic E-state index is 1.22. The van der Waals surface area contributed by atoms with E-state index in [4.69, 9.17) is 0 Å². The molecular formula is C30H24S2. The third kappa shape index (κ3) is 3.79. The fourth-order valence-electron chi connectivity index (χ4n) is 4.65. The predicted octanol–water partition coefficient (Wildman–Crippen LogP) is 9.83. The number of fused-ring (bicyclic) bond motifs is 3. The zero-order valence-electron chi connectivity index (χ0n) is 17.9. The third-order valence-electron chi connectivity index (χ3n) is 6.32. The Kier molecular flexibility index (Phi) is 5.34. The Morgan fingerprint density at radius 1 is 0.625 bits per heavy atom. The van der Waals surface area contributed by atoms with Gasteiger partial charge < -0.3 is 0 Å². The van der Waals surface area contributed by atoms with E-state index in [1.54, 1.807) is 0 Å². The summed E-state index contributed by atoms with van der Waals surface area (Å²) in [6.07, 6.45) is 7.53. The van der Waals surface area contributed by atoms with Crippen molar-refractivity contribution in [2.45, 2.75) is 35.5 Å². The molecule has 1 aromatic heterocycles. The molecule has 5 aromatic rings. The molecule has 0 aliphatic heterocycles. The second kappa shape index (κ2) is 8.61. The molecule has 2 heteroatoms. The summed E-state index contributed by atoms with van der Waals surface area (Å²) < 4.78 is 2.73. The van der Waals surface area contributed by atoms with E-state index in [-0.39, 0.29) is 0 Å². The molecule has 0 fully saturated rings. The molecule has 0 saturated heterocycles. The molecule has 1 aliphatic rings. The molecule has 0 atom stereocenters. The summed E-state index contributed by atoms with van der Waals surface area (Å²) in [4.78, 5) is 2.58. The second-order valence-corrected chi connectivity index (χ2v) is 10.6. The van der Waals surface area contributed by atoms with Gasteiger partial charge in [-0.25, -0.2) is 0 Å². The lowest BCUT2D eigenvalue weighted by atomic mass is 9.94. The van der Waals surface area contributed by atoms with Crippen LogP contribution in [0.2, 0.25) is 0 Å². The van der Waals surface area contributed by atoms with Crippen LogP contribution in [0.25, 0.3) is 36.9 Å². The summed E-state index contributed by atoms with van der Waals surface area (Å²) in [5.41, 5.74) is 5.52. The van der Waals surface area contributed by atoms with Crippen LogP contribution in [-0.4, -0.2) is 0 Å². The van der Waals surface area contributed by atoms with Gasteiger partial charge in [0.1, 0.15) is 0 Å². The first-order valence-electron chi connectivity index (χ1n) is 11.3. The quantitative estimate of drug-likeness (QED) is 0.263. The average molecular weight is 449 g/mol. The van der Waals surface area contributed by atoms with Gasteiger partial charge in [-0.3, -0.25) is 0 Å². The van der Waals surface area contributed by atoms with Gasteiger partial charge in [0.15, 0.2) is 0 Å². The molecular weight excluding hydrogens is 424 g/mol. The third-order valence-corrected chi connectivity index (χ3v) is 8.56. The molecule has 0 spiro atoms. The van der Waals surface area contributed by atoms with Crippen molar-refractivity contribution in [1.29, 1.82) is 0 Å². The fourth-order valence-corrected chi connectivity index (χ4v) is 6.71. The van der Waals surface area contributed by atoms with Crippen LogP contribution in [0.1, 0.15) is 31.2 Å². The lowest BCUT2D eigenvalue weighted by molar-refractivity contribution is 0.742. The Hall–Kier alpha value is -2.81. The highest BCUT2D eigenvalue weighted by molar-refractivity contribution is 7.99. The Bertz CT molecular complexity index is 1420. The van der Waals surface area contributed by atoms with E-state index < -0.39 is 0 Å². The first kappa shape index (κ1) is 19.8. The van der Waals surface area contributed by atoms with Gasteiger partial charge >= 0.3 is 0 Å². The molecule has 0 unspecified atom stereocenters.